The second-order valence-corrected chi connectivity index (χ2v) is 4.32. The Morgan fingerprint density at radius 2 is 2.36 bits per heavy atom. The molecule has 0 saturated heterocycles. The van der Waals surface area contributed by atoms with Crippen LogP contribution in [0.3, 0.4) is 0 Å². The Morgan fingerprint density at radius 1 is 1.57 bits per heavy atom. The molecule has 4 heteroatoms. The van der Waals surface area contributed by atoms with Gasteiger partial charge in [0.1, 0.15) is 0 Å². The Balaban J connectivity index is 2.47. The first kappa shape index (κ1) is 11.6. The summed E-state index contributed by atoms with van der Waals surface area (Å²) < 4.78 is 0. The summed E-state index contributed by atoms with van der Waals surface area (Å²) in [6.07, 6.45) is 10.1. The Hall–Kier alpha value is -0.480. The van der Waals surface area contributed by atoms with Crippen molar-refractivity contribution in [3.05, 3.63) is 12.2 Å². The van der Waals surface area contributed by atoms with E-state index < -0.39 is 0 Å². The van der Waals surface area contributed by atoms with Gasteiger partial charge in [-0.1, -0.05) is 23.9 Å². The van der Waals surface area contributed by atoms with Gasteiger partial charge >= 0.3 is 0 Å². The number of carbonyl (C=O) groups is 1. The van der Waals surface area contributed by atoms with Crippen LogP contribution in [-0.4, -0.2) is 23.6 Å². The van der Waals surface area contributed by atoms with Crippen molar-refractivity contribution >= 4 is 17.0 Å². The molecule has 0 spiro atoms. The van der Waals surface area contributed by atoms with Crippen LogP contribution in [0, 0.1) is 0 Å². The third-order valence-electron chi connectivity index (χ3n) is 2.47. The van der Waals surface area contributed by atoms with Gasteiger partial charge in [0.25, 0.3) is 5.24 Å². The van der Waals surface area contributed by atoms with Crippen LogP contribution in [0.25, 0.3) is 0 Å². The maximum Gasteiger partial charge on any atom is 0.279 e. The second-order valence-electron chi connectivity index (χ2n) is 3.54. The lowest BCUT2D eigenvalue weighted by Gasteiger charge is -2.25. The van der Waals surface area contributed by atoms with Crippen molar-refractivity contribution in [3.63, 3.8) is 0 Å². The Kier molecular flexibility index (Phi) is 5.04. The van der Waals surface area contributed by atoms with E-state index in [1.165, 1.54) is 11.8 Å². The number of hydrogen-bond donors (Lipinski definition) is 2. The number of amides is 1. The molecule has 0 unspecified atom stereocenters. The lowest BCUT2D eigenvalue weighted by Crippen LogP contribution is -2.46. The minimum absolute atomic E-state index is 0.0232. The molecule has 0 aromatic rings. The third-order valence-corrected chi connectivity index (χ3v) is 2.95. The van der Waals surface area contributed by atoms with Gasteiger partial charge < -0.3 is 11.1 Å². The van der Waals surface area contributed by atoms with E-state index in [0.29, 0.717) is 0 Å². The third kappa shape index (κ3) is 3.72. The number of allylic oxidation sites excluding steroid dienone is 1. The van der Waals surface area contributed by atoms with Gasteiger partial charge in [-0.15, -0.1) is 0 Å². The molecule has 1 amide bonds. The normalized spacial score (nSPS) is 30.1. The lowest BCUT2D eigenvalue weighted by atomic mass is 9.97. The van der Waals surface area contributed by atoms with Gasteiger partial charge in [0.05, 0.1) is 0 Å². The molecule has 0 heterocycles. The summed E-state index contributed by atoms with van der Waals surface area (Å²) in [6, 6.07) is 0.197. The molecular formula is C10H18N2OS. The number of carbonyl (C=O) groups excluding carboxylic acids is 1. The van der Waals surface area contributed by atoms with Crippen molar-refractivity contribution < 1.29 is 4.79 Å². The van der Waals surface area contributed by atoms with Gasteiger partial charge in [-0.3, -0.25) is 4.79 Å². The van der Waals surface area contributed by atoms with Gasteiger partial charge in [-0.05, 0) is 31.9 Å². The molecule has 3 N–H and O–H groups in total. The van der Waals surface area contributed by atoms with Crippen LogP contribution in [0.1, 0.15) is 25.7 Å². The SMILES string of the molecule is CSC(=O)N[C@@H]1CCC/C=C/C[C@H]1N. The average Bonchev–Trinajstić information content (AvgIpc) is 2.17. The molecule has 0 radical (unpaired) electrons. The molecular weight excluding hydrogens is 196 g/mol. The molecule has 0 bridgehead atoms. The summed E-state index contributed by atoms with van der Waals surface area (Å²) in [5, 5.41) is 2.97. The van der Waals surface area contributed by atoms with Crippen LogP contribution in [0.5, 0.6) is 0 Å². The van der Waals surface area contributed by atoms with Gasteiger partial charge in [0.15, 0.2) is 0 Å². The number of nitrogens with two attached hydrogens (primary N) is 1. The standard InChI is InChI=1S/C10H18N2OS/c1-14-10(13)12-9-7-5-3-2-4-6-8(9)11/h2,4,8-9H,3,5-7,11H2,1H3,(H,12,13)/b4-2+/t8-,9-/m1/s1. The monoisotopic (exact) mass is 214 g/mol. The molecule has 1 aliphatic rings. The molecule has 14 heavy (non-hydrogen) atoms. The van der Waals surface area contributed by atoms with E-state index in [9.17, 15) is 4.79 Å². The maximum absolute atomic E-state index is 11.2. The number of nitrogens with one attached hydrogen (secondary N) is 1. The van der Waals surface area contributed by atoms with E-state index in [1.54, 1.807) is 6.26 Å². The van der Waals surface area contributed by atoms with Gasteiger partial charge in [-0.25, -0.2) is 0 Å². The van der Waals surface area contributed by atoms with Crippen LogP contribution in [0.2, 0.25) is 0 Å². The quantitative estimate of drug-likeness (QED) is 0.655. The second kappa shape index (κ2) is 6.09. The average molecular weight is 214 g/mol. The van der Waals surface area contributed by atoms with Crippen molar-refractivity contribution in [2.24, 2.45) is 5.73 Å². The Labute approximate surface area is 89.5 Å². The minimum atomic E-state index is 0.0232. The lowest BCUT2D eigenvalue weighted by molar-refractivity contribution is 0.253. The summed E-state index contributed by atoms with van der Waals surface area (Å²) in [4.78, 5) is 11.2. The molecule has 0 saturated carbocycles. The highest BCUT2D eigenvalue weighted by Crippen LogP contribution is 2.12. The Morgan fingerprint density at radius 3 is 3.07 bits per heavy atom. The van der Waals surface area contributed by atoms with Crippen LogP contribution in [0.4, 0.5) is 4.79 Å². The fourth-order valence-electron chi connectivity index (χ4n) is 1.59. The zero-order valence-corrected chi connectivity index (χ0v) is 9.35. The van der Waals surface area contributed by atoms with E-state index in [-0.39, 0.29) is 17.3 Å². The van der Waals surface area contributed by atoms with E-state index in [2.05, 4.69) is 17.5 Å². The van der Waals surface area contributed by atoms with E-state index in [0.717, 1.165) is 25.7 Å². The van der Waals surface area contributed by atoms with Crippen LogP contribution >= 0.6 is 11.8 Å². The first-order chi connectivity index (χ1) is 6.74. The van der Waals surface area contributed by atoms with Crippen molar-refractivity contribution in [2.75, 3.05) is 6.26 Å². The predicted octanol–water partition coefficient (Wildman–Crippen LogP) is 1.89. The highest BCUT2D eigenvalue weighted by molar-refractivity contribution is 8.12. The van der Waals surface area contributed by atoms with Crippen molar-refractivity contribution in [1.82, 2.24) is 5.32 Å². The Bertz CT molecular complexity index is 218. The number of thioether (sulfide) groups is 1. The molecule has 80 valence electrons. The first-order valence-electron chi connectivity index (χ1n) is 4.99. The zero-order valence-electron chi connectivity index (χ0n) is 8.53. The zero-order chi connectivity index (χ0) is 10.4. The maximum atomic E-state index is 11.2. The molecule has 0 fully saturated rings. The summed E-state index contributed by atoms with van der Waals surface area (Å²) in [5.74, 6) is 0. The first-order valence-corrected chi connectivity index (χ1v) is 6.21. The fraction of sp³-hybridized carbons (Fsp3) is 0.700. The van der Waals surface area contributed by atoms with Gasteiger partial charge in [-0.2, -0.15) is 0 Å². The van der Waals surface area contributed by atoms with Gasteiger partial charge in [0.2, 0.25) is 0 Å². The van der Waals surface area contributed by atoms with Crippen LogP contribution in [-0.2, 0) is 0 Å². The van der Waals surface area contributed by atoms with Crippen molar-refractivity contribution in [3.8, 4) is 0 Å². The molecule has 0 aliphatic heterocycles. The van der Waals surface area contributed by atoms with Crippen molar-refractivity contribution in [1.29, 1.82) is 0 Å². The van der Waals surface area contributed by atoms with E-state index in [1.807, 2.05) is 0 Å². The van der Waals surface area contributed by atoms with Crippen molar-refractivity contribution in [2.45, 2.75) is 37.8 Å². The smallest absolute Gasteiger partial charge is 0.279 e. The minimum Gasteiger partial charge on any atom is -0.343 e. The number of hydrogen-bond acceptors (Lipinski definition) is 3. The van der Waals surface area contributed by atoms with E-state index in [4.69, 9.17) is 5.73 Å². The van der Waals surface area contributed by atoms with Crippen LogP contribution < -0.4 is 11.1 Å². The predicted molar refractivity (Wildman–Crippen MR) is 61.4 cm³/mol. The molecule has 2 atom stereocenters. The molecule has 3 nitrogen and oxygen atoms in total. The summed E-state index contributed by atoms with van der Waals surface area (Å²) in [6.45, 7) is 0. The largest absolute Gasteiger partial charge is 0.343 e. The van der Waals surface area contributed by atoms with Gasteiger partial charge in [0, 0.05) is 12.1 Å². The molecule has 0 aromatic heterocycles. The summed E-state index contributed by atoms with van der Waals surface area (Å²) >= 11 is 1.21. The summed E-state index contributed by atoms with van der Waals surface area (Å²) in [5.41, 5.74) is 5.98. The molecule has 1 aliphatic carbocycles. The number of rotatable bonds is 1. The van der Waals surface area contributed by atoms with Crippen LogP contribution in [0.15, 0.2) is 12.2 Å². The molecule has 0 aromatic carbocycles. The topological polar surface area (TPSA) is 55.1 Å². The highest BCUT2D eigenvalue weighted by atomic mass is 32.2. The summed E-state index contributed by atoms with van der Waals surface area (Å²) in [7, 11) is 0. The van der Waals surface area contributed by atoms with E-state index >= 15 is 0 Å². The highest BCUT2D eigenvalue weighted by Gasteiger charge is 2.19. The fourth-order valence-corrected chi connectivity index (χ4v) is 1.86. The molecule has 1 rings (SSSR count).